The molecule has 0 aliphatic carbocycles. The van der Waals surface area contributed by atoms with Gasteiger partial charge in [0.25, 0.3) is 0 Å². The minimum atomic E-state index is -4.06. The first-order valence-corrected chi connectivity index (χ1v) is 18.8. The van der Waals surface area contributed by atoms with Gasteiger partial charge in [0.2, 0.25) is 0 Å². The van der Waals surface area contributed by atoms with Crippen LogP contribution < -0.4 is 9.13 Å². The summed E-state index contributed by atoms with van der Waals surface area (Å²) in [5, 5.41) is 0. The van der Waals surface area contributed by atoms with Crippen LogP contribution in [0.15, 0.2) is 134 Å². The molecule has 242 valence electrons. The minimum Gasteiger partial charge on any atom is -0.324 e. The first-order valence-electron chi connectivity index (χ1n) is 15.2. The van der Waals surface area contributed by atoms with E-state index < -0.39 is 15.2 Å². The Morgan fingerprint density at radius 2 is 0.812 bits per heavy atom. The molecule has 6 aromatic rings. The molecule has 0 aliphatic heterocycles. The summed E-state index contributed by atoms with van der Waals surface area (Å²) >= 11 is 0. The number of rotatable bonds is 11. The van der Waals surface area contributed by atoms with Gasteiger partial charge in [-0.15, -0.1) is 0 Å². The van der Waals surface area contributed by atoms with Crippen LogP contribution in [-0.2, 0) is 22.2 Å². The molecule has 48 heavy (non-hydrogen) atoms. The molecule has 0 fully saturated rings. The lowest BCUT2D eigenvalue weighted by atomic mass is 10.0. The number of benzene rings is 3. The number of hydrogen-bond donors (Lipinski definition) is 4. The molecule has 3 heterocycles. The van der Waals surface area contributed by atoms with Crippen molar-refractivity contribution in [2.24, 2.45) is 0 Å². The normalized spacial score (nSPS) is 11.8. The Morgan fingerprint density at radius 3 is 1.19 bits per heavy atom. The van der Waals surface area contributed by atoms with Crippen LogP contribution >= 0.6 is 15.2 Å². The molecular weight excluding hydrogens is 646 g/mol. The maximum Gasteiger partial charge on any atom is 0.331 e. The van der Waals surface area contributed by atoms with E-state index >= 15 is 0 Å². The summed E-state index contributed by atoms with van der Waals surface area (Å²) in [4.78, 5) is 46.5. The van der Waals surface area contributed by atoms with Crippen LogP contribution in [0, 0.1) is 0 Å². The molecule has 0 atom stereocenters. The molecule has 0 saturated carbocycles. The highest BCUT2D eigenvalue weighted by Crippen LogP contribution is 2.34. The molecule has 0 aliphatic rings. The lowest BCUT2D eigenvalue weighted by molar-refractivity contribution is -0.692. The summed E-state index contributed by atoms with van der Waals surface area (Å²) in [6.07, 6.45) is 6.85. The Balaban J connectivity index is 1.25. The second-order valence-electron chi connectivity index (χ2n) is 11.4. The van der Waals surface area contributed by atoms with E-state index in [-0.39, 0.29) is 25.4 Å². The van der Waals surface area contributed by atoms with Gasteiger partial charge in [-0.05, 0) is 28.3 Å². The van der Waals surface area contributed by atoms with Crippen molar-refractivity contribution in [1.29, 1.82) is 0 Å². The minimum absolute atomic E-state index is 0.208. The van der Waals surface area contributed by atoms with Crippen LogP contribution in [0.3, 0.4) is 0 Å². The first-order chi connectivity index (χ1) is 23.0. The summed E-state index contributed by atoms with van der Waals surface area (Å²) in [6, 6.07) is 35.7. The number of nitrogens with zero attached hydrogens (tertiary/aromatic N) is 4. The highest BCUT2D eigenvalue weighted by atomic mass is 31.2. The topological polar surface area (TPSA) is 149 Å². The standard InChI is InChI=1S/C36H32N4O6P2/c41-47(42,43)24-22-39-18-14-29(15-19-39)27-6-10-31(11-7-27)34-26-35(38-36(37-34)33-4-2-1-3-5-33)32-12-8-28(9-13-32)30-16-20-40(21-17-30)23-25-48(44,45)46/h1-21,26H,22-25H2,(H2-2,41,42,43,44,45,46)/p+2. The Kier molecular flexibility index (Phi) is 9.85. The van der Waals surface area contributed by atoms with E-state index in [1.807, 2.05) is 134 Å². The number of aryl methyl sites for hydroxylation is 2. The monoisotopic (exact) mass is 680 g/mol. The zero-order chi connectivity index (χ0) is 33.7. The zero-order valence-corrected chi connectivity index (χ0v) is 27.6. The van der Waals surface area contributed by atoms with Crippen molar-refractivity contribution >= 4 is 15.2 Å². The van der Waals surface area contributed by atoms with Crippen LogP contribution in [0.4, 0.5) is 0 Å². The van der Waals surface area contributed by atoms with Gasteiger partial charge in [0.1, 0.15) is 12.3 Å². The van der Waals surface area contributed by atoms with Crippen molar-refractivity contribution in [3.05, 3.63) is 134 Å². The van der Waals surface area contributed by atoms with E-state index in [1.54, 1.807) is 9.13 Å². The van der Waals surface area contributed by atoms with Crippen molar-refractivity contribution < 1.29 is 37.8 Å². The van der Waals surface area contributed by atoms with Gasteiger partial charge in [-0.2, -0.15) is 0 Å². The summed E-state index contributed by atoms with van der Waals surface area (Å²) in [7, 11) is -8.11. The van der Waals surface area contributed by atoms with Crippen LogP contribution in [-0.4, -0.2) is 41.9 Å². The highest BCUT2D eigenvalue weighted by Gasteiger charge is 2.17. The molecule has 0 bridgehead atoms. The first kappa shape index (κ1) is 33.2. The van der Waals surface area contributed by atoms with Crippen molar-refractivity contribution in [3.8, 4) is 56.2 Å². The van der Waals surface area contributed by atoms with Crippen LogP contribution in [0.1, 0.15) is 0 Å². The predicted octanol–water partition coefficient (Wildman–Crippen LogP) is 5.74. The fourth-order valence-electron chi connectivity index (χ4n) is 5.22. The van der Waals surface area contributed by atoms with Gasteiger partial charge >= 0.3 is 15.2 Å². The fourth-order valence-corrected chi connectivity index (χ4v) is 6.20. The maximum atomic E-state index is 11.2. The molecule has 10 nitrogen and oxygen atoms in total. The summed E-state index contributed by atoms with van der Waals surface area (Å²) in [6.45, 7) is 0.477. The zero-order valence-electron chi connectivity index (χ0n) is 25.8. The molecule has 6 rings (SSSR count). The quantitative estimate of drug-likeness (QED) is 0.100. The van der Waals surface area contributed by atoms with Gasteiger partial charge in [0.15, 0.2) is 43.7 Å². The number of hydrogen-bond acceptors (Lipinski definition) is 4. The van der Waals surface area contributed by atoms with Crippen molar-refractivity contribution in [1.82, 2.24) is 9.97 Å². The van der Waals surface area contributed by atoms with Gasteiger partial charge in [-0.25, -0.2) is 19.1 Å². The smallest absolute Gasteiger partial charge is 0.324 e. The van der Waals surface area contributed by atoms with Crippen LogP contribution in [0.25, 0.3) is 56.2 Å². The average molecular weight is 681 g/mol. The lowest BCUT2D eigenvalue weighted by Gasteiger charge is -2.11. The van der Waals surface area contributed by atoms with Crippen molar-refractivity contribution in [2.45, 2.75) is 13.1 Å². The second-order valence-corrected chi connectivity index (χ2v) is 15.0. The van der Waals surface area contributed by atoms with Crippen molar-refractivity contribution in [3.63, 3.8) is 0 Å². The van der Waals surface area contributed by atoms with Gasteiger partial charge in [0.05, 0.1) is 11.4 Å². The van der Waals surface area contributed by atoms with E-state index in [0.717, 1.165) is 50.3 Å². The number of pyridine rings is 2. The predicted molar refractivity (Wildman–Crippen MR) is 183 cm³/mol. The van der Waals surface area contributed by atoms with E-state index in [1.165, 1.54) is 0 Å². The molecule has 0 amide bonds. The summed E-state index contributed by atoms with van der Waals surface area (Å²) < 4.78 is 25.9. The Labute approximate surface area is 278 Å². The van der Waals surface area contributed by atoms with Gasteiger partial charge in [0, 0.05) is 41.0 Å². The molecule has 0 spiro atoms. The highest BCUT2D eigenvalue weighted by molar-refractivity contribution is 7.51. The molecule has 4 N–H and O–H groups in total. The van der Waals surface area contributed by atoms with Gasteiger partial charge < -0.3 is 19.6 Å². The summed E-state index contributed by atoms with van der Waals surface area (Å²) in [5.74, 6) is 0.613. The average Bonchev–Trinajstić information content (AvgIpc) is 3.10. The lowest BCUT2D eigenvalue weighted by Crippen LogP contribution is -2.34. The van der Waals surface area contributed by atoms with Gasteiger partial charge in [-0.1, -0.05) is 78.9 Å². The van der Waals surface area contributed by atoms with Gasteiger partial charge in [-0.3, -0.25) is 9.13 Å². The fraction of sp³-hybridized carbons (Fsp3) is 0.111. The molecule has 0 radical (unpaired) electrons. The summed E-state index contributed by atoms with van der Waals surface area (Å²) in [5.41, 5.74) is 8.29. The Morgan fingerprint density at radius 1 is 0.458 bits per heavy atom. The second kappa shape index (κ2) is 14.2. The van der Waals surface area contributed by atoms with Crippen molar-refractivity contribution in [2.75, 3.05) is 12.3 Å². The van der Waals surface area contributed by atoms with Crippen LogP contribution in [0.5, 0.6) is 0 Å². The Bertz CT molecular complexity index is 1970. The number of aromatic nitrogens is 4. The third kappa shape index (κ3) is 8.82. The molecule has 0 saturated heterocycles. The van der Waals surface area contributed by atoms with E-state index in [0.29, 0.717) is 5.82 Å². The largest absolute Gasteiger partial charge is 0.331 e. The van der Waals surface area contributed by atoms with Crippen LogP contribution in [0.2, 0.25) is 0 Å². The van der Waals surface area contributed by atoms with E-state index in [2.05, 4.69) is 0 Å². The third-order valence-electron chi connectivity index (χ3n) is 7.87. The molecular formula is C36H34N4O6P2+2. The molecule has 12 heteroatoms. The maximum absolute atomic E-state index is 11.2. The Hall–Kier alpha value is -4.66. The third-order valence-corrected chi connectivity index (χ3v) is 9.43. The SMILES string of the molecule is O=P(O)(O)CC[n+]1ccc(-c2ccc(-c3cc(-c4ccc(-c5cc[n+](CCP(=O)(O)O)cc5)cc4)nc(-c4ccccc4)n3)cc2)cc1. The molecule has 0 unspecified atom stereocenters. The molecule has 3 aromatic carbocycles. The van der Waals surface area contributed by atoms with E-state index in [4.69, 9.17) is 29.5 Å². The molecule has 3 aromatic heterocycles. The van der Waals surface area contributed by atoms with E-state index in [9.17, 15) is 9.13 Å².